The van der Waals surface area contributed by atoms with Crippen LogP contribution in [0.4, 0.5) is 16.2 Å². The molecule has 2 aromatic rings. The summed E-state index contributed by atoms with van der Waals surface area (Å²) in [4.78, 5) is 28.8. The van der Waals surface area contributed by atoms with Crippen molar-refractivity contribution in [1.82, 2.24) is 10.6 Å². The van der Waals surface area contributed by atoms with E-state index in [0.717, 1.165) is 18.7 Å². The molecule has 2 heterocycles. The minimum absolute atomic E-state index is 0.161. The van der Waals surface area contributed by atoms with E-state index in [-0.39, 0.29) is 18.0 Å². The lowest BCUT2D eigenvalue weighted by Crippen LogP contribution is -2.29. The Morgan fingerprint density at radius 3 is 2.62 bits per heavy atom. The van der Waals surface area contributed by atoms with E-state index >= 15 is 0 Å². The highest BCUT2D eigenvalue weighted by Crippen LogP contribution is 2.27. The van der Waals surface area contributed by atoms with Crippen molar-refractivity contribution < 1.29 is 9.59 Å². The Labute approximate surface area is 175 Å². The van der Waals surface area contributed by atoms with Gasteiger partial charge in [-0.3, -0.25) is 9.69 Å². The highest BCUT2D eigenvalue weighted by atomic mass is 35.5. The minimum Gasteiger partial charge on any atom is -0.372 e. The van der Waals surface area contributed by atoms with Crippen molar-refractivity contribution in [2.75, 3.05) is 36.0 Å². The van der Waals surface area contributed by atoms with E-state index in [1.807, 2.05) is 19.1 Å². The third kappa shape index (κ3) is 4.17. The van der Waals surface area contributed by atoms with E-state index in [0.29, 0.717) is 29.4 Å². The first kappa shape index (κ1) is 19.6. The third-order valence-corrected chi connectivity index (χ3v) is 5.88. The summed E-state index contributed by atoms with van der Waals surface area (Å²) in [5.41, 5.74) is 3.28. The first-order valence-electron chi connectivity index (χ1n) is 10.0. The minimum atomic E-state index is -0.254. The monoisotopic (exact) mass is 412 g/mol. The number of halogens is 1. The van der Waals surface area contributed by atoms with Crippen LogP contribution in [0, 0.1) is 0 Å². The quantitative estimate of drug-likeness (QED) is 0.781. The Kier molecular flexibility index (Phi) is 5.62. The number of carbonyl (C=O) groups excluding carboxylic acids is 2. The second-order valence-electron chi connectivity index (χ2n) is 7.53. The molecule has 0 radical (unpaired) electrons. The van der Waals surface area contributed by atoms with Crippen molar-refractivity contribution >= 4 is 34.9 Å². The van der Waals surface area contributed by atoms with Crippen LogP contribution in [0.1, 0.15) is 41.7 Å². The van der Waals surface area contributed by atoms with Crippen LogP contribution in [-0.4, -0.2) is 38.1 Å². The van der Waals surface area contributed by atoms with E-state index in [9.17, 15) is 9.59 Å². The number of rotatable bonds is 5. The highest BCUT2D eigenvalue weighted by Gasteiger charge is 2.23. The highest BCUT2D eigenvalue weighted by molar-refractivity contribution is 6.34. The molecule has 3 amide bonds. The standard InChI is InChI=1S/C22H25ClN4O2/c1-15(16-5-4-6-17(13-16)26-10-2-3-11-26)25-21(28)19-14-18(7-8-20(19)23)27-12-9-24-22(27)29/h4-8,13-15H,2-3,9-12H2,1H3,(H,24,29)(H,25,28). The number of benzene rings is 2. The largest absolute Gasteiger partial charge is 0.372 e. The van der Waals surface area contributed by atoms with Crippen LogP contribution < -0.4 is 20.4 Å². The molecule has 29 heavy (non-hydrogen) atoms. The lowest BCUT2D eigenvalue weighted by molar-refractivity contribution is 0.0940. The topological polar surface area (TPSA) is 64.7 Å². The number of nitrogens with zero attached hydrogens (tertiary/aromatic N) is 2. The maximum Gasteiger partial charge on any atom is 0.321 e. The van der Waals surface area contributed by atoms with Gasteiger partial charge in [-0.25, -0.2) is 4.79 Å². The number of nitrogens with one attached hydrogen (secondary N) is 2. The average molecular weight is 413 g/mol. The first-order valence-corrected chi connectivity index (χ1v) is 10.4. The van der Waals surface area contributed by atoms with Crippen molar-refractivity contribution in [2.24, 2.45) is 0 Å². The van der Waals surface area contributed by atoms with Gasteiger partial charge in [0.25, 0.3) is 5.91 Å². The molecular weight excluding hydrogens is 388 g/mol. The molecule has 2 fully saturated rings. The molecule has 152 valence electrons. The van der Waals surface area contributed by atoms with Crippen molar-refractivity contribution in [3.05, 3.63) is 58.6 Å². The summed E-state index contributed by atoms with van der Waals surface area (Å²) >= 11 is 6.29. The molecule has 0 aliphatic carbocycles. The fourth-order valence-corrected chi connectivity index (χ4v) is 4.10. The zero-order chi connectivity index (χ0) is 20.4. The second-order valence-corrected chi connectivity index (χ2v) is 7.94. The van der Waals surface area contributed by atoms with E-state index < -0.39 is 0 Å². The Morgan fingerprint density at radius 2 is 1.90 bits per heavy atom. The number of urea groups is 1. The zero-order valence-corrected chi connectivity index (χ0v) is 17.2. The summed E-state index contributed by atoms with van der Waals surface area (Å²) in [5.74, 6) is -0.254. The Morgan fingerprint density at radius 1 is 1.10 bits per heavy atom. The average Bonchev–Trinajstić information content (AvgIpc) is 3.40. The summed E-state index contributed by atoms with van der Waals surface area (Å²) in [7, 11) is 0. The van der Waals surface area contributed by atoms with Gasteiger partial charge in [-0.2, -0.15) is 0 Å². The van der Waals surface area contributed by atoms with Gasteiger partial charge in [-0.1, -0.05) is 23.7 Å². The van der Waals surface area contributed by atoms with E-state index in [2.05, 4.69) is 27.7 Å². The van der Waals surface area contributed by atoms with Gasteiger partial charge in [0, 0.05) is 37.6 Å². The molecular formula is C22H25ClN4O2. The number of hydrogen-bond donors (Lipinski definition) is 2. The zero-order valence-electron chi connectivity index (χ0n) is 16.5. The smallest absolute Gasteiger partial charge is 0.321 e. The molecule has 2 aromatic carbocycles. The van der Waals surface area contributed by atoms with Crippen LogP contribution in [0.2, 0.25) is 5.02 Å². The van der Waals surface area contributed by atoms with Gasteiger partial charge < -0.3 is 15.5 Å². The van der Waals surface area contributed by atoms with Crippen LogP contribution in [0.5, 0.6) is 0 Å². The number of amides is 3. The molecule has 0 aromatic heterocycles. The maximum absolute atomic E-state index is 12.9. The molecule has 0 saturated carbocycles. The Balaban J connectivity index is 1.50. The van der Waals surface area contributed by atoms with Gasteiger partial charge in [0.05, 0.1) is 16.6 Å². The Bertz CT molecular complexity index is 927. The number of carbonyl (C=O) groups is 2. The van der Waals surface area contributed by atoms with Crippen molar-refractivity contribution in [3.63, 3.8) is 0 Å². The second kappa shape index (κ2) is 8.33. The normalized spacial score (nSPS) is 17.4. The van der Waals surface area contributed by atoms with E-state index in [4.69, 9.17) is 11.6 Å². The van der Waals surface area contributed by atoms with Crippen molar-refractivity contribution in [3.8, 4) is 0 Å². The molecule has 7 heteroatoms. The van der Waals surface area contributed by atoms with Crippen LogP contribution >= 0.6 is 11.6 Å². The van der Waals surface area contributed by atoms with E-state index in [1.165, 1.54) is 18.5 Å². The van der Waals surface area contributed by atoms with E-state index in [1.54, 1.807) is 23.1 Å². The van der Waals surface area contributed by atoms with Crippen molar-refractivity contribution in [2.45, 2.75) is 25.8 Å². The van der Waals surface area contributed by atoms with Crippen LogP contribution in [-0.2, 0) is 0 Å². The molecule has 1 unspecified atom stereocenters. The fourth-order valence-electron chi connectivity index (χ4n) is 3.90. The first-order chi connectivity index (χ1) is 14.0. The molecule has 2 aliphatic heterocycles. The van der Waals surface area contributed by atoms with Gasteiger partial charge in [-0.15, -0.1) is 0 Å². The summed E-state index contributed by atoms with van der Waals surface area (Å²) in [6.45, 7) is 5.29. The molecule has 2 aliphatic rings. The molecule has 1 atom stereocenters. The van der Waals surface area contributed by atoms with Gasteiger partial charge in [0.1, 0.15) is 0 Å². The molecule has 4 rings (SSSR count). The molecule has 0 spiro atoms. The summed E-state index contributed by atoms with van der Waals surface area (Å²) in [6.07, 6.45) is 2.45. The summed E-state index contributed by atoms with van der Waals surface area (Å²) in [5, 5.41) is 6.17. The lowest BCUT2D eigenvalue weighted by atomic mass is 10.1. The molecule has 2 saturated heterocycles. The summed E-state index contributed by atoms with van der Waals surface area (Å²) in [6, 6.07) is 13.1. The van der Waals surface area contributed by atoms with Gasteiger partial charge in [-0.05, 0) is 55.7 Å². The van der Waals surface area contributed by atoms with Gasteiger partial charge in [0.15, 0.2) is 0 Å². The van der Waals surface area contributed by atoms with Gasteiger partial charge in [0.2, 0.25) is 0 Å². The van der Waals surface area contributed by atoms with Crippen LogP contribution in [0.15, 0.2) is 42.5 Å². The maximum atomic E-state index is 12.9. The lowest BCUT2D eigenvalue weighted by Gasteiger charge is -2.21. The molecule has 0 bridgehead atoms. The molecule has 6 nitrogen and oxygen atoms in total. The van der Waals surface area contributed by atoms with Crippen LogP contribution in [0.3, 0.4) is 0 Å². The predicted octanol–water partition coefficient (Wildman–Crippen LogP) is 3.96. The fraction of sp³-hybridized carbons (Fsp3) is 0.364. The summed E-state index contributed by atoms with van der Waals surface area (Å²) < 4.78 is 0. The van der Waals surface area contributed by atoms with Crippen molar-refractivity contribution in [1.29, 1.82) is 0 Å². The SMILES string of the molecule is CC(NC(=O)c1cc(N2CCNC2=O)ccc1Cl)c1cccc(N2CCCC2)c1. The number of anilines is 2. The number of hydrogen-bond acceptors (Lipinski definition) is 3. The van der Waals surface area contributed by atoms with Gasteiger partial charge >= 0.3 is 6.03 Å². The Hall–Kier alpha value is -2.73. The predicted molar refractivity (Wildman–Crippen MR) is 116 cm³/mol. The molecule has 2 N–H and O–H groups in total. The van der Waals surface area contributed by atoms with Crippen LogP contribution in [0.25, 0.3) is 0 Å². The third-order valence-electron chi connectivity index (χ3n) is 5.55.